The molecule has 0 unspecified atom stereocenters. The van der Waals surface area contributed by atoms with E-state index >= 15 is 0 Å². The largest absolute Gasteiger partial charge is 0.340 e. The van der Waals surface area contributed by atoms with E-state index in [0.29, 0.717) is 58.7 Å². The second kappa shape index (κ2) is 12.0. The molecule has 4 rings (SSSR count). The van der Waals surface area contributed by atoms with Crippen LogP contribution >= 0.6 is 0 Å². The number of aryl methyl sites for hydroxylation is 1. The average molecular weight is 489 g/mol. The van der Waals surface area contributed by atoms with Crippen LogP contribution in [0.4, 0.5) is 5.69 Å². The fourth-order valence-electron chi connectivity index (χ4n) is 4.85. The number of carbonyl (C=O) groups excluding carboxylic acids is 3. The van der Waals surface area contributed by atoms with Gasteiger partial charge in [-0.05, 0) is 55.5 Å². The van der Waals surface area contributed by atoms with Crippen molar-refractivity contribution in [2.24, 2.45) is 5.92 Å². The van der Waals surface area contributed by atoms with E-state index in [9.17, 15) is 14.4 Å². The molecule has 2 aliphatic heterocycles. The number of hydrogen-bond acceptors (Lipinski definition) is 4. The van der Waals surface area contributed by atoms with Gasteiger partial charge in [0.15, 0.2) is 0 Å². The van der Waals surface area contributed by atoms with Gasteiger partial charge < -0.3 is 15.1 Å². The maximum Gasteiger partial charge on any atom is 0.246 e. The molecule has 2 fully saturated rings. The van der Waals surface area contributed by atoms with Crippen LogP contribution in [0.5, 0.6) is 0 Å². The predicted octanol–water partition coefficient (Wildman–Crippen LogP) is 3.34. The first-order valence-electron chi connectivity index (χ1n) is 12.8. The Labute approximate surface area is 213 Å². The van der Waals surface area contributed by atoms with Gasteiger partial charge in [-0.15, -0.1) is 0 Å². The van der Waals surface area contributed by atoms with E-state index in [-0.39, 0.29) is 23.6 Å². The summed E-state index contributed by atoms with van der Waals surface area (Å²) in [5, 5.41) is 3.02. The second-order valence-corrected chi connectivity index (χ2v) is 9.74. The highest BCUT2D eigenvalue weighted by atomic mass is 16.2. The molecule has 2 aliphatic rings. The van der Waals surface area contributed by atoms with Crippen molar-refractivity contribution in [3.05, 3.63) is 71.3 Å². The van der Waals surface area contributed by atoms with Crippen molar-refractivity contribution < 1.29 is 14.4 Å². The summed E-state index contributed by atoms with van der Waals surface area (Å²) in [7, 11) is 0. The molecular weight excluding hydrogens is 452 g/mol. The number of piperazine rings is 1. The van der Waals surface area contributed by atoms with Gasteiger partial charge in [0.25, 0.3) is 0 Å². The summed E-state index contributed by atoms with van der Waals surface area (Å²) in [4.78, 5) is 44.0. The van der Waals surface area contributed by atoms with Gasteiger partial charge in [-0.25, -0.2) is 0 Å². The second-order valence-electron chi connectivity index (χ2n) is 9.74. The first-order valence-corrected chi connectivity index (χ1v) is 12.8. The molecule has 7 nitrogen and oxygen atoms in total. The summed E-state index contributed by atoms with van der Waals surface area (Å²) in [5.74, 6) is 0.118. The number of amides is 3. The number of piperidine rings is 1. The maximum absolute atomic E-state index is 13.1. The van der Waals surface area contributed by atoms with Crippen LogP contribution < -0.4 is 5.32 Å². The Kier molecular flexibility index (Phi) is 8.54. The molecule has 0 atom stereocenters. The molecule has 2 saturated heterocycles. The van der Waals surface area contributed by atoms with Gasteiger partial charge in [-0.1, -0.05) is 42.5 Å². The molecular formula is C29H36N4O3. The summed E-state index contributed by atoms with van der Waals surface area (Å²) >= 11 is 0. The van der Waals surface area contributed by atoms with Crippen LogP contribution in [0, 0.1) is 19.8 Å². The molecule has 0 radical (unpaired) electrons. The van der Waals surface area contributed by atoms with Gasteiger partial charge in [-0.2, -0.15) is 0 Å². The Morgan fingerprint density at radius 3 is 2.25 bits per heavy atom. The third kappa shape index (κ3) is 6.61. The number of rotatable bonds is 6. The summed E-state index contributed by atoms with van der Waals surface area (Å²) in [6.07, 6.45) is 4.85. The van der Waals surface area contributed by atoms with Crippen LogP contribution in [0.1, 0.15) is 29.5 Å². The normalized spacial score (nSPS) is 17.4. The Hall–Kier alpha value is -3.45. The van der Waals surface area contributed by atoms with Crippen LogP contribution in [0.15, 0.2) is 54.6 Å². The lowest BCUT2D eigenvalue weighted by Crippen LogP contribution is -2.53. The van der Waals surface area contributed by atoms with E-state index in [0.717, 1.165) is 22.4 Å². The quantitative estimate of drug-likeness (QED) is 0.633. The number of nitrogens with zero attached hydrogens (tertiary/aromatic N) is 3. The monoisotopic (exact) mass is 488 g/mol. The highest BCUT2D eigenvalue weighted by Crippen LogP contribution is 2.21. The minimum atomic E-state index is -0.0358. The molecule has 0 saturated carbocycles. The summed E-state index contributed by atoms with van der Waals surface area (Å²) < 4.78 is 0. The van der Waals surface area contributed by atoms with Crippen LogP contribution in [-0.4, -0.2) is 78.2 Å². The Balaban J connectivity index is 1.18. The first kappa shape index (κ1) is 25.6. The van der Waals surface area contributed by atoms with Crippen LogP contribution in [0.2, 0.25) is 0 Å². The lowest BCUT2D eigenvalue weighted by atomic mass is 9.95. The molecule has 0 bridgehead atoms. The van der Waals surface area contributed by atoms with Crippen molar-refractivity contribution in [3.8, 4) is 0 Å². The number of nitrogens with one attached hydrogen (secondary N) is 1. The topological polar surface area (TPSA) is 73.0 Å². The minimum Gasteiger partial charge on any atom is -0.340 e. The Bertz CT molecular complexity index is 1100. The number of anilines is 1. The number of carbonyl (C=O) groups is 3. The van der Waals surface area contributed by atoms with Crippen molar-refractivity contribution in [1.29, 1.82) is 0 Å². The molecule has 2 heterocycles. The van der Waals surface area contributed by atoms with E-state index < -0.39 is 0 Å². The van der Waals surface area contributed by atoms with E-state index in [1.54, 1.807) is 6.08 Å². The molecule has 2 aromatic carbocycles. The fourth-order valence-corrected chi connectivity index (χ4v) is 4.85. The van der Waals surface area contributed by atoms with E-state index in [2.05, 4.69) is 10.2 Å². The first-order chi connectivity index (χ1) is 17.4. The average Bonchev–Trinajstić information content (AvgIpc) is 2.90. The van der Waals surface area contributed by atoms with E-state index in [1.807, 2.05) is 78.3 Å². The van der Waals surface area contributed by atoms with Gasteiger partial charge in [0.2, 0.25) is 17.7 Å². The molecule has 7 heteroatoms. The molecule has 0 aliphatic carbocycles. The zero-order chi connectivity index (χ0) is 25.5. The molecule has 36 heavy (non-hydrogen) atoms. The van der Waals surface area contributed by atoms with Crippen LogP contribution in [0.3, 0.4) is 0 Å². The Morgan fingerprint density at radius 1 is 0.861 bits per heavy atom. The summed E-state index contributed by atoms with van der Waals surface area (Å²) in [5.41, 5.74) is 4.09. The van der Waals surface area contributed by atoms with Crippen LogP contribution in [0.25, 0.3) is 6.08 Å². The Morgan fingerprint density at radius 2 is 1.56 bits per heavy atom. The summed E-state index contributed by atoms with van der Waals surface area (Å²) in [6.45, 7) is 8.22. The fraction of sp³-hybridized carbons (Fsp3) is 0.414. The number of hydrogen-bond donors (Lipinski definition) is 1. The molecule has 190 valence electrons. The van der Waals surface area contributed by atoms with Crippen molar-refractivity contribution >= 4 is 29.5 Å². The molecule has 1 N–H and O–H groups in total. The zero-order valence-corrected chi connectivity index (χ0v) is 21.3. The van der Waals surface area contributed by atoms with Crippen molar-refractivity contribution in [3.63, 3.8) is 0 Å². The lowest BCUT2D eigenvalue weighted by Gasteiger charge is -2.38. The molecule has 0 aromatic heterocycles. The number of likely N-dealkylation sites (tertiary alicyclic amines) is 1. The standard InChI is InChI=1S/C29H36N4O3/c1-22-7-6-10-26(23(22)2)30-27(34)21-31-17-19-33(20-18-31)29(36)25-13-15-32(16-14-25)28(35)12-11-24-8-4-3-5-9-24/h3-12,25H,13-21H2,1-2H3,(H,30,34)/b12-11+. The van der Waals surface area contributed by atoms with Crippen molar-refractivity contribution in [1.82, 2.24) is 14.7 Å². The van der Waals surface area contributed by atoms with E-state index in [4.69, 9.17) is 0 Å². The predicted molar refractivity (Wildman–Crippen MR) is 142 cm³/mol. The van der Waals surface area contributed by atoms with Gasteiger partial charge in [0.05, 0.1) is 6.54 Å². The molecule has 0 spiro atoms. The third-order valence-electron chi connectivity index (χ3n) is 7.30. The SMILES string of the molecule is Cc1cccc(NC(=O)CN2CCN(C(=O)C3CCN(C(=O)/C=C/c4ccccc4)CC3)CC2)c1C. The number of benzene rings is 2. The van der Waals surface area contributed by atoms with Crippen molar-refractivity contribution in [2.75, 3.05) is 51.1 Å². The van der Waals surface area contributed by atoms with E-state index in [1.165, 1.54) is 0 Å². The zero-order valence-electron chi connectivity index (χ0n) is 21.3. The van der Waals surface area contributed by atoms with Gasteiger partial charge in [0.1, 0.15) is 0 Å². The van der Waals surface area contributed by atoms with Gasteiger partial charge in [0, 0.05) is 56.9 Å². The van der Waals surface area contributed by atoms with Crippen molar-refractivity contribution in [2.45, 2.75) is 26.7 Å². The minimum absolute atomic E-state index is 0.00231. The van der Waals surface area contributed by atoms with Gasteiger partial charge >= 0.3 is 0 Å². The molecule has 3 amide bonds. The smallest absolute Gasteiger partial charge is 0.246 e. The highest BCUT2D eigenvalue weighted by molar-refractivity contribution is 5.93. The highest BCUT2D eigenvalue weighted by Gasteiger charge is 2.31. The lowest BCUT2D eigenvalue weighted by molar-refractivity contribution is -0.141. The molecule has 2 aromatic rings. The maximum atomic E-state index is 13.1. The van der Waals surface area contributed by atoms with Crippen LogP contribution in [-0.2, 0) is 14.4 Å². The third-order valence-corrected chi connectivity index (χ3v) is 7.30. The summed E-state index contributed by atoms with van der Waals surface area (Å²) in [6, 6.07) is 15.7. The van der Waals surface area contributed by atoms with Gasteiger partial charge in [-0.3, -0.25) is 19.3 Å².